The molecule has 96 valence electrons. The summed E-state index contributed by atoms with van der Waals surface area (Å²) in [5, 5.41) is 9.65. The zero-order valence-electron chi connectivity index (χ0n) is 10.9. The van der Waals surface area contributed by atoms with Gasteiger partial charge in [0.2, 0.25) is 0 Å². The molecule has 0 radical (unpaired) electrons. The highest BCUT2D eigenvalue weighted by atomic mass is 14.8. The second kappa shape index (κ2) is 5.41. The van der Waals surface area contributed by atoms with Gasteiger partial charge in [0, 0.05) is 29.4 Å². The van der Waals surface area contributed by atoms with Gasteiger partial charge in [0.05, 0.1) is 6.07 Å². The van der Waals surface area contributed by atoms with Crippen LogP contribution < -0.4 is 0 Å². The number of H-pyrrole nitrogens is 1. The Morgan fingerprint density at radius 2 is 2.05 bits per heavy atom. The van der Waals surface area contributed by atoms with Crippen molar-refractivity contribution in [1.29, 1.82) is 5.26 Å². The molecule has 0 aliphatic rings. The van der Waals surface area contributed by atoms with E-state index in [1.165, 1.54) is 6.08 Å². The van der Waals surface area contributed by atoms with Gasteiger partial charge < -0.3 is 4.98 Å². The van der Waals surface area contributed by atoms with E-state index >= 15 is 0 Å². The van der Waals surface area contributed by atoms with Crippen LogP contribution in [0.1, 0.15) is 5.56 Å². The van der Waals surface area contributed by atoms with Crippen LogP contribution in [0.2, 0.25) is 0 Å². The third kappa shape index (κ3) is 2.32. The molecule has 2 aromatic heterocycles. The largest absolute Gasteiger partial charge is 0.346 e. The first kappa shape index (κ1) is 12.2. The predicted octanol–water partition coefficient (Wildman–Crippen LogP) is 3.85. The SMILES string of the molecule is N#C/C=C\Cc1c[nH]c2ncc(-c3ccccc3)cc12. The average Bonchev–Trinajstić information content (AvgIpc) is 2.91. The number of aromatic amines is 1. The van der Waals surface area contributed by atoms with Crippen LogP contribution >= 0.6 is 0 Å². The van der Waals surface area contributed by atoms with Gasteiger partial charge in [0.25, 0.3) is 0 Å². The standard InChI is InChI=1S/C17H13N3/c18-9-5-4-8-14-11-19-17-16(14)10-15(12-20-17)13-6-2-1-3-7-13/h1-7,10-12H,8H2,(H,19,20)/b5-4-. The van der Waals surface area contributed by atoms with Gasteiger partial charge in [-0.2, -0.15) is 5.26 Å². The second-order valence-electron chi connectivity index (χ2n) is 4.54. The number of fused-ring (bicyclic) bond motifs is 1. The Bertz CT molecular complexity index is 792. The van der Waals surface area contributed by atoms with E-state index in [1.807, 2.05) is 42.7 Å². The Labute approximate surface area is 117 Å². The Kier molecular flexibility index (Phi) is 3.30. The monoisotopic (exact) mass is 259 g/mol. The summed E-state index contributed by atoms with van der Waals surface area (Å²) in [4.78, 5) is 7.63. The van der Waals surface area contributed by atoms with Crippen molar-refractivity contribution in [3.05, 3.63) is 66.5 Å². The minimum Gasteiger partial charge on any atom is -0.346 e. The van der Waals surface area contributed by atoms with Crippen LogP contribution in [0.4, 0.5) is 0 Å². The lowest BCUT2D eigenvalue weighted by Crippen LogP contribution is -1.83. The van der Waals surface area contributed by atoms with Crippen molar-refractivity contribution in [3.8, 4) is 17.2 Å². The van der Waals surface area contributed by atoms with E-state index in [9.17, 15) is 0 Å². The van der Waals surface area contributed by atoms with Gasteiger partial charge >= 0.3 is 0 Å². The van der Waals surface area contributed by atoms with Gasteiger partial charge in [0.1, 0.15) is 5.65 Å². The Morgan fingerprint density at radius 1 is 1.20 bits per heavy atom. The molecule has 0 fully saturated rings. The van der Waals surface area contributed by atoms with Gasteiger partial charge in [-0.3, -0.25) is 0 Å². The van der Waals surface area contributed by atoms with Crippen molar-refractivity contribution in [2.24, 2.45) is 0 Å². The smallest absolute Gasteiger partial charge is 0.137 e. The van der Waals surface area contributed by atoms with Crippen LogP contribution in [0.15, 0.2) is 60.9 Å². The number of nitriles is 1. The molecule has 3 heteroatoms. The molecule has 2 heterocycles. The molecule has 0 bridgehead atoms. The van der Waals surface area contributed by atoms with Crippen LogP contribution in [-0.4, -0.2) is 9.97 Å². The fourth-order valence-corrected chi connectivity index (χ4v) is 2.25. The normalized spacial score (nSPS) is 10.9. The van der Waals surface area contributed by atoms with Crippen molar-refractivity contribution in [1.82, 2.24) is 9.97 Å². The van der Waals surface area contributed by atoms with E-state index in [0.717, 1.165) is 34.1 Å². The van der Waals surface area contributed by atoms with Gasteiger partial charge in [0.15, 0.2) is 0 Å². The van der Waals surface area contributed by atoms with E-state index in [2.05, 4.69) is 28.2 Å². The van der Waals surface area contributed by atoms with Crippen LogP contribution in [0.25, 0.3) is 22.2 Å². The summed E-state index contributed by atoms with van der Waals surface area (Å²) in [5.41, 5.74) is 4.28. The summed E-state index contributed by atoms with van der Waals surface area (Å²) in [6, 6.07) is 14.3. The van der Waals surface area contributed by atoms with Gasteiger partial charge in [-0.25, -0.2) is 4.98 Å². The lowest BCUT2D eigenvalue weighted by Gasteiger charge is -2.02. The van der Waals surface area contributed by atoms with Crippen LogP contribution in [0, 0.1) is 11.3 Å². The number of hydrogen-bond donors (Lipinski definition) is 1. The van der Waals surface area contributed by atoms with E-state index in [4.69, 9.17) is 5.26 Å². The molecule has 3 aromatic rings. The lowest BCUT2D eigenvalue weighted by atomic mass is 10.0. The summed E-state index contributed by atoms with van der Waals surface area (Å²) in [5.74, 6) is 0. The summed E-state index contributed by atoms with van der Waals surface area (Å²) in [7, 11) is 0. The summed E-state index contributed by atoms with van der Waals surface area (Å²) in [6.45, 7) is 0. The number of benzene rings is 1. The minimum atomic E-state index is 0.730. The average molecular weight is 259 g/mol. The fraction of sp³-hybridized carbons (Fsp3) is 0.0588. The van der Waals surface area contributed by atoms with Crippen LogP contribution in [0.5, 0.6) is 0 Å². The van der Waals surface area contributed by atoms with Gasteiger partial charge in [-0.1, -0.05) is 36.4 Å². The number of nitrogens with zero attached hydrogens (tertiary/aromatic N) is 2. The highest BCUT2D eigenvalue weighted by molar-refractivity contribution is 5.84. The second-order valence-corrected chi connectivity index (χ2v) is 4.54. The van der Waals surface area contributed by atoms with Crippen molar-refractivity contribution in [3.63, 3.8) is 0 Å². The van der Waals surface area contributed by atoms with Crippen LogP contribution in [-0.2, 0) is 6.42 Å². The quantitative estimate of drug-likeness (QED) is 0.726. The number of nitrogens with one attached hydrogen (secondary N) is 1. The van der Waals surface area contributed by atoms with Crippen molar-refractivity contribution in [2.75, 3.05) is 0 Å². The van der Waals surface area contributed by atoms with Crippen molar-refractivity contribution < 1.29 is 0 Å². The van der Waals surface area contributed by atoms with E-state index in [-0.39, 0.29) is 0 Å². The third-order valence-electron chi connectivity index (χ3n) is 3.25. The lowest BCUT2D eigenvalue weighted by molar-refractivity contribution is 1.28. The molecule has 3 rings (SSSR count). The number of aromatic nitrogens is 2. The van der Waals surface area contributed by atoms with Gasteiger partial charge in [-0.15, -0.1) is 0 Å². The topological polar surface area (TPSA) is 52.5 Å². The number of rotatable bonds is 3. The highest BCUT2D eigenvalue weighted by Gasteiger charge is 2.05. The molecule has 20 heavy (non-hydrogen) atoms. The number of allylic oxidation sites excluding steroid dienone is 2. The fourth-order valence-electron chi connectivity index (χ4n) is 2.25. The molecule has 0 saturated carbocycles. The third-order valence-corrected chi connectivity index (χ3v) is 3.25. The van der Waals surface area contributed by atoms with Crippen LogP contribution in [0.3, 0.4) is 0 Å². The molecule has 0 amide bonds. The summed E-state index contributed by atoms with van der Waals surface area (Å²) < 4.78 is 0. The minimum absolute atomic E-state index is 0.730. The summed E-state index contributed by atoms with van der Waals surface area (Å²) in [6.07, 6.45) is 7.93. The summed E-state index contributed by atoms with van der Waals surface area (Å²) >= 11 is 0. The van der Waals surface area contributed by atoms with E-state index in [0.29, 0.717) is 0 Å². The molecule has 0 aliphatic heterocycles. The highest BCUT2D eigenvalue weighted by Crippen LogP contribution is 2.24. The maximum atomic E-state index is 8.54. The number of pyridine rings is 1. The predicted molar refractivity (Wildman–Crippen MR) is 80.0 cm³/mol. The van der Waals surface area contributed by atoms with Crippen molar-refractivity contribution in [2.45, 2.75) is 6.42 Å². The van der Waals surface area contributed by atoms with Crippen molar-refractivity contribution >= 4 is 11.0 Å². The first-order valence-electron chi connectivity index (χ1n) is 6.44. The first-order valence-corrected chi connectivity index (χ1v) is 6.44. The zero-order valence-corrected chi connectivity index (χ0v) is 10.9. The van der Waals surface area contributed by atoms with E-state index in [1.54, 1.807) is 0 Å². The number of hydrogen-bond acceptors (Lipinski definition) is 2. The maximum Gasteiger partial charge on any atom is 0.137 e. The molecule has 0 atom stereocenters. The Hall–Kier alpha value is -2.86. The molecule has 0 aliphatic carbocycles. The molecular weight excluding hydrogens is 246 g/mol. The Balaban J connectivity index is 2.04. The Morgan fingerprint density at radius 3 is 2.85 bits per heavy atom. The molecule has 0 unspecified atom stereocenters. The zero-order chi connectivity index (χ0) is 13.8. The molecule has 1 N–H and O–H groups in total. The van der Waals surface area contributed by atoms with E-state index < -0.39 is 0 Å². The molecule has 0 spiro atoms. The molecule has 0 saturated heterocycles. The van der Waals surface area contributed by atoms with Gasteiger partial charge in [-0.05, 0) is 23.6 Å². The molecule has 1 aromatic carbocycles. The molecular formula is C17H13N3. The molecule has 3 nitrogen and oxygen atoms in total. The maximum absolute atomic E-state index is 8.54. The first-order chi connectivity index (χ1) is 9.88.